The van der Waals surface area contributed by atoms with Crippen molar-refractivity contribution in [2.45, 2.75) is 6.61 Å². The van der Waals surface area contributed by atoms with Gasteiger partial charge in [0, 0.05) is 15.6 Å². The van der Waals surface area contributed by atoms with Crippen LogP contribution >= 0.6 is 39.9 Å². The summed E-state index contributed by atoms with van der Waals surface area (Å²) in [5.74, 6) is 0.554. The number of halogens is 1. The molecule has 1 saturated heterocycles. The van der Waals surface area contributed by atoms with E-state index in [2.05, 4.69) is 21.2 Å². The maximum absolute atomic E-state index is 12.1. The molecule has 27 heavy (non-hydrogen) atoms. The molecule has 3 nitrogen and oxygen atoms in total. The van der Waals surface area contributed by atoms with Crippen molar-refractivity contribution in [3.8, 4) is 5.75 Å². The van der Waals surface area contributed by atoms with Crippen molar-refractivity contribution in [3.05, 3.63) is 81.2 Å². The molecule has 1 fully saturated rings. The molecule has 0 aromatic heterocycles. The average molecular weight is 456 g/mol. The Bertz CT molecular complexity index is 1090. The number of thioether (sulfide) groups is 1. The first kappa shape index (κ1) is 18.2. The fourth-order valence-electron chi connectivity index (χ4n) is 2.87. The standard InChI is InChI=1S/C21H14BrNO2S2/c22-17-8-4-2-6-14(17)12-25-18-10-9-13-5-1-3-7-15(13)16(18)11-19-20(24)23-21(26)27-19/h1-11H,12H2,(H,23,24,26)/b19-11+. The molecule has 0 atom stereocenters. The van der Waals surface area contributed by atoms with Crippen molar-refractivity contribution in [3.63, 3.8) is 0 Å². The van der Waals surface area contributed by atoms with Crippen LogP contribution in [-0.2, 0) is 11.4 Å². The predicted molar refractivity (Wildman–Crippen MR) is 119 cm³/mol. The number of thiocarbonyl (C=S) groups is 1. The molecule has 1 heterocycles. The molecule has 4 rings (SSSR count). The van der Waals surface area contributed by atoms with Crippen LogP contribution in [0.3, 0.4) is 0 Å². The maximum atomic E-state index is 12.1. The molecule has 0 aliphatic carbocycles. The second kappa shape index (κ2) is 7.84. The number of hydrogen-bond donors (Lipinski definition) is 1. The molecule has 3 aromatic carbocycles. The third-order valence-corrected chi connectivity index (χ3v) is 6.13. The summed E-state index contributed by atoms with van der Waals surface area (Å²) in [5, 5.41) is 4.78. The second-order valence-electron chi connectivity index (χ2n) is 5.93. The van der Waals surface area contributed by atoms with Gasteiger partial charge in [-0.15, -0.1) is 0 Å². The van der Waals surface area contributed by atoms with Crippen molar-refractivity contribution >= 4 is 67.0 Å². The zero-order valence-electron chi connectivity index (χ0n) is 14.1. The molecule has 1 aliphatic rings. The average Bonchev–Trinajstić information content (AvgIpc) is 2.99. The molecule has 3 aromatic rings. The lowest BCUT2D eigenvalue weighted by atomic mass is 10.0. The van der Waals surface area contributed by atoms with Crippen LogP contribution in [0, 0.1) is 0 Å². The highest BCUT2D eigenvalue weighted by molar-refractivity contribution is 9.10. The van der Waals surface area contributed by atoms with Gasteiger partial charge in [-0.05, 0) is 29.0 Å². The van der Waals surface area contributed by atoms with Gasteiger partial charge in [-0.2, -0.15) is 0 Å². The molecule has 1 aliphatic heterocycles. The molecule has 0 unspecified atom stereocenters. The molecule has 6 heteroatoms. The van der Waals surface area contributed by atoms with E-state index in [4.69, 9.17) is 17.0 Å². The van der Waals surface area contributed by atoms with E-state index in [-0.39, 0.29) is 5.91 Å². The van der Waals surface area contributed by atoms with Crippen molar-refractivity contribution in [2.75, 3.05) is 0 Å². The van der Waals surface area contributed by atoms with Gasteiger partial charge >= 0.3 is 0 Å². The maximum Gasteiger partial charge on any atom is 0.263 e. The molecule has 0 radical (unpaired) electrons. The lowest BCUT2D eigenvalue weighted by molar-refractivity contribution is -0.115. The molecule has 134 valence electrons. The van der Waals surface area contributed by atoms with Crippen LogP contribution in [0.25, 0.3) is 16.8 Å². The summed E-state index contributed by atoms with van der Waals surface area (Å²) in [7, 11) is 0. The number of amides is 1. The highest BCUT2D eigenvalue weighted by Crippen LogP contribution is 2.34. The van der Waals surface area contributed by atoms with E-state index >= 15 is 0 Å². The Morgan fingerprint density at radius 2 is 1.85 bits per heavy atom. The van der Waals surface area contributed by atoms with Crippen LogP contribution in [0.5, 0.6) is 5.75 Å². The zero-order valence-corrected chi connectivity index (χ0v) is 17.3. The van der Waals surface area contributed by atoms with Crippen molar-refractivity contribution in [1.82, 2.24) is 5.32 Å². The van der Waals surface area contributed by atoms with Crippen LogP contribution < -0.4 is 10.1 Å². The minimum absolute atomic E-state index is 0.172. The number of fused-ring (bicyclic) bond motifs is 1. The van der Waals surface area contributed by atoms with Crippen LogP contribution in [0.1, 0.15) is 11.1 Å². The van der Waals surface area contributed by atoms with Gasteiger partial charge in [0.05, 0.1) is 4.91 Å². The third kappa shape index (κ3) is 3.93. The second-order valence-corrected chi connectivity index (χ2v) is 8.50. The fourth-order valence-corrected chi connectivity index (χ4v) is 4.30. The first-order chi connectivity index (χ1) is 13.1. The molecular weight excluding hydrogens is 442 g/mol. The number of ether oxygens (including phenoxy) is 1. The summed E-state index contributed by atoms with van der Waals surface area (Å²) in [4.78, 5) is 12.7. The van der Waals surface area contributed by atoms with E-state index < -0.39 is 0 Å². The first-order valence-electron chi connectivity index (χ1n) is 8.24. The van der Waals surface area contributed by atoms with Crippen molar-refractivity contribution in [2.24, 2.45) is 0 Å². The number of nitrogens with one attached hydrogen (secondary N) is 1. The van der Waals surface area contributed by atoms with Gasteiger partial charge in [0.25, 0.3) is 5.91 Å². The van der Waals surface area contributed by atoms with Crippen molar-refractivity contribution < 1.29 is 9.53 Å². The topological polar surface area (TPSA) is 38.3 Å². The Hall–Kier alpha value is -2.15. The SMILES string of the molecule is O=C1NC(=S)S/C1=C/c1c(OCc2ccccc2Br)ccc2ccccc12. The van der Waals surface area contributed by atoms with Gasteiger partial charge in [0.15, 0.2) is 0 Å². The van der Waals surface area contributed by atoms with E-state index in [1.54, 1.807) is 0 Å². The lowest BCUT2D eigenvalue weighted by Gasteiger charge is -2.13. The van der Waals surface area contributed by atoms with E-state index in [0.29, 0.717) is 15.8 Å². The summed E-state index contributed by atoms with van der Waals surface area (Å²) in [5.41, 5.74) is 1.93. The number of carbonyl (C=O) groups is 1. The van der Waals surface area contributed by atoms with E-state index in [9.17, 15) is 4.79 Å². The molecule has 1 amide bonds. The van der Waals surface area contributed by atoms with E-state index in [1.165, 1.54) is 11.8 Å². The Morgan fingerprint density at radius 3 is 2.63 bits per heavy atom. The third-order valence-electron chi connectivity index (χ3n) is 4.19. The number of carbonyl (C=O) groups excluding carboxylic acids is 1. The Morgan fingerprint density at radius 1 is 1.07 bits per heavy atom. The first-order valence-corrected chi connectivity index (χ1v) is 10.3. The number of rotatable bonds is 4. The predicted octanol–water partition coefficient (Wildman–Crippen LogP) is 5.67. The summed E-state index contributed by atoms with van der Waals surface area (Å²) in [6.45, 7) is 0.424. The van der Waals surface area contributed by atoms with Crippen molar-refractivity contribution in [1.29, 1.82) is 0 Å². The lowest BCUT2D eigenvalue weighted by Crippen LogP contribution is -2.17. The molecule has 0 spiro atoms. The molecule has 0 saturated carbocycles. The molecule has 1 N–H and O–H groups in total. The minimum Gasteiger partial charge on any atom is -0.488 e. The number of benzene rings is 3. The highest BCUT2D eigenvalue weighted by atomic mass is 79.9. The Kier molecular flexibility index (Phi) is 5.29. The summed E-state index contributed by atoms with van der Waals surface area (Å²) >= 11 is 9.92. The van der Waals surface area contributed by atoms with Gasteiger partial charge in [0.2, 0.25) is 0 Å². The van der Waals surface area contributed by atoms with Gasteiger partial charge in [-0.25, -0.2) is 0 Å². The monoisotopic (exact) mass is 455 g/mol. The van der Waals surface area contributed by atoms with Gasteiger partial charge < -0.3 is 10.1 Å². The zero-order chi connectivity index (χ0) is 18.8. The van der Waals surface area contributed by atoms with Gasteiger partial charge in [-0.3, -0.25) is 4.79 Å². The van der Waals surface area contributed by atoms with E-state index in [1.807, 2.05) is 66.7 Å². The van der Waals surface area contributed by atoms with Crippen LogP contribution in [0.4, 0.5) is 0 Å². The fraction of sp³-hybridized carbons (Fsp3) is 0.0476. The normalized spacial score (nSPS) is 15.4. The largest absolute Gasteiger partial charge is 0.488 e. The van der Waals surface area contributed by atoms with Crippen LogP contribution in [-0.4, -0.2) is 10.2 Å². The van der Waals surface area contributed by atoms with Crippen LogP contribution in [0.15, 0.2) is 70.0 Å². The molecular formula is C21H14BrNO2S2. The van der Waals surface area contributed by atoms with Crippen LogP contribution in [0.2, 0.25) is 0 Å². The van der Waals surface area contributed by atoms with Gasteiger partial charge in [-0.1, -0.05) is 88.4 Å². The minimum atomic E-state index is -0.172. The van der Waals surface area contributed by atoms with E-state index in [0.717, 1.165) is 32.1 Å². The highest BCUT2D eigenvalue weighted by Gasteiger charge is 2.23. The summed E-state index contributed by atoms with van der Waals surface area (Å²) < 4.78 is 7.61. The summed E-state index contributed by atoms with van der Waals surface area (Å²) in [6.07, 6.45) is 1.86. The Balaban J connectivity index is 1.76. The molecule has 0 bridgehead atoms. The smallest absolute Gasteiger partial charge is 0.263 e. The Labute approximate surface area is 174 Å². The number of hydrogen-bond acceptors (Lipinski definition) is 4. The van der Waals surface area contributed by atoms with Gasteiger partial charge in [0.1, 0.15) is 16.7 Å². The quantitative estimate of drug-likeness (QED) is 0.406. The summed E-state index contributed by atoms with van der Waals surface area (Å²) in [6, 6.07) is 20.0.